The maximum atomic E-state index is 12.0. The summed E-state index contributed by atoms with van der Waals surface area (Å²) in [5, 5.41) is 12.1. The van der Waals surface area contributed by atoms with Crippen molar-refractivity contribution in [2.75, 3.05) is 33.2 Å². The van der Waals surface area contributed by atoms with Gasteiger partial charge >= 0.3 is 12.0 Å². The van der Waals surface area contributed by atoms with Gasteiger partial charge in [0, 0.05) is 25.7 Å². The van der Waals surface area contributed by atoms with E-state index in [0.717, 1.165) is 13.0 Å². The predicted molar refractivity (Wildman–Crippen MR) is 82.3 cm³/mol. The number of carboxylic acids is 1. The van der Waals surface area contributed by atoms with Crippen LogP contribution in [0.2, 0.25) is 0 Å². The molecule has 1 aliphatic heterocycles. The van der Waals surface area contributed by atoms with Gasteiger partial charge in [0.25, 0.3) is 0 Å². The molecule has 1 saturated heterocycles. The Hall–Kier alpha value is -1.30. The third-order valence-electron chi connectivity index (χ3n) is 4.52. The van der Waals surface area contributed by atoms with Crippen molar-refractivity contribution in [3.63, 3.8) is 0 Å². The second-order valence-corrected chi connectivity index (χ2v) is 6.51. The molecule has 1 rings (SSSR count). The van der Waals surface area contributed by atoms with Crippen LogP contribution >= 0.6 is 0 Å². The van der Waals surface area contributed by atoms with Crippen molar-refractivity contribution < 1.29 is 14.7 Å². The molecule has 0 unspecified atom stereocenters. The first-order valence-corrected chi connectivity index (χ1v) is 7.72. The number of amides is 2. The standard InChI is InChI=1S/C15H29N3O3/c1-12(2)17(4)9-5-8-16-14(21)18-10-6-15(3,7-11-18)13(19)20/h12H,5-11H2,1-4H3,(H,16,21)(H,19,20). The molecule has 1 heterocycles. The van der Waals surface area contributed by atoms with Crippen LogP contribution in [0.1, 0.15) is 40.0 Å². The minimum absolute atomic E-state index is 0.0744. The largest absolute Gasteiger partial charge is 0.481 e. The highest BCUT2D eigenvalue weighted by Gasteiger charge is 2.37. The molecule has 122 valence electrons. The molecule has 6 nitrogen and oxygen atoms in total. The SMILES string of the molecule is CC(C)N(C)CCCNC(=O)N1CCC(C)(C(=O)O)CC1. The fourth-order valence-corrected chi connectivity index (χ4v) is 2.31. The van der Waals surface area contributed by atoms with Crippen molar-refractivity contribution in [1.82, 2.24) is 15.1 Å². The van der Waals surface area contributed by atoms with E-state index in [1.165, 1.54) is 0 Å². The Kier molecular flexibility index (Phi) is 6.45. The lowest BCUT2D eigenvalue weighted by Crippen LogP contribution is -2.49. The molecule has 0 aromatic heterocycles. The molecule has 1 fully saturated rings. The first kappa shape index (κ1) is 17.8. The molecule has 2 amide bonds. The van der Waals surface area contributed by atoms with Crippen LogP contribution in [0.15, 0.2) is 0 Å². The molecule has 21 heavy (non-hydrogen) atoms. The average molecular weight is 299 g/mol. The highest BCUT2D eigenvalue weighted by molar-refractivity contribution is 5.76. The Bertz CT molecular complexity index is 363. The summed E-state index contributed by atoms with van der Waals surface area (Å²) in [5.41, 5.74) is -0.684. The van der Waals surface area contributed by atoms with Gasteiger partial charge in [0.05, 0.1) is 5.41 Å². The number of carbonyl (C=O) groups is 2. The number of likely N-dealkylation sites (tertiary alicyclic amines) is 1. The Morgan fingerprint density at radius 1 is 1.33 bits per heavy atom. The van der Waals surface area contributed by atoms with Crippen molar-refractivity contribution in [1.29, 1.82) is 0 Å². The zero-order valence-corrected chi connectivity index (χ0v) is 13.7. The highest BCUT2D eigenvalue weighted by Crippen LogP contribution is 2.30. The van der Waals surface area contributed by atoms with E-state index in [0.29, 0.717) is 38.5 Å². The highest BCUT2D eigenvalue weighted by atomic mass is 16.4. The van der Waals surface area contributed by atoms with Gasteiger partial charge < -0.3 is 20.2 Å². The van der Waals surface area contributed by atoms with E-state index in [9.17, 15) is 9.59 Å². The van der Waals surface area contributed by atoms with Crippen LogP contribution in [0.3, 0.4) is 0 Å². The number of nitrogens with one attached hydrogen (secondary N) is 1. The quantitative estimate of drug-likeness (QED) is 0.731. The van der Waals surface area contributed by atoms with Crippen LogP contribution in [-0.2, 0) is 4.79 Å². The minimum Gasteiger partial charge on any atom is -0.481 e. The fourth-order valence-electron chi connectivity index (χ4n) is 2.31. The maximum Gasteiger partial charge on any atom is 0.317 e. The molecule has 0 radical (unpaired) electrons. The molecule has 0 spiro atoms. The Morgan fingerprint density at radius 3 is 2.38 bits per heavy atom. The first-order valence-electron chi connectivity index (χ1n) is 7.72. The third kappa shape index (κ3) is 5.19. The van der Waals surface area contributed by atoms with Crippen molar-refractivity contribution in [2.24, 2.45) is 5.41 Å². The topological polar surface area (TPSA) is 72.9 Å². The normalized spacial score (nSPS) is 18.1. The van der Waals surface area contributed by atoms with E-state index >= 15 is 0 Å². The number of urea groups is 1. The van der Waals surface area contributed by atoms with E-state index in [4.69, 9.17) is 5.11 Å². The van der Waals surface area contributed by atoms with E-state index in [-0.39, 0.29) is 6.03 Å². The molecule has 6 heteroatoms. The van der Waals surface area contributed by atoms with Gasteiger partial charge in [0.15, 0.2) is 0 Å². The number of nitrogens with zero attached hydrogens (tertiary/aromatic N) is 2. The Labute approximate surface area is 127 Å². The van der Waals surface area contributed by atoms with Gasteiger partial charge in [-0.3, -0.25) is 4.79 Å². The zero-order chi connectivity index (χ0) is 16.0. The summed E-state index contributed by atoms with van der Waals surface area (Å²) in [6, 6.07) is 0.436. The molecule has 0 bridgehead atoms. The summed E-state index contributed by atoms with van der Waals surface area (Å²) in [6.45, 7) is 8.68. The number of hydrogen-bond donors (Lipinski definition) is 2. The predicted octanol–water partition coefficient (Wildman–Crippen LogP) is 1.61. The third-order valence-corrected chi connectivity index (χ3v) is 4.52. The van der Waals surface area contributed by atoms with Crippen LogP contribution in [0, 0.1) is 5.41 Å². The molecule has 1 aliphatic rings. The van der Waals surface area contributed by atoms with Gasteiger partial charge in [-0.05, 0) is 53.6 Å². The summed E-state index contributed by atoms with van der Waals surface area (Å²) < 4.78 is 0. The molecular formula is C15H29N3O3. The van der Waals surface area contributed by atoms with Crippen LogP contribution in [0.5, 0.6) is 0 Å². The Balaban J connectivity index is 2.24. The lowest BCUT2D eigenvalue weighted by atomic mass is 9.80. The van der Waals surface area contributed by atoms with Gasteiger partial charge in [-0.2, -0.15) is 0 Å². The number of hydrogen-bond acceptors (Lipinski definition) is 3. The van der Waals surface area contributed by atoms with Crippen molar-refractivity contribution >= 4 is 12.0 Å². The van der Waals surface area contributed by atoms with Crippen LogP contribution in [-0.4, -0.2) is 66.2 Å². The summed E-state index contributed by atoms with van der Waals surface area (Å²) >= 11 is 0. The monoisotopic (exact) mass is 299 g/mol. The summed E-state index contributed by atoms with van der Waals surface area (Å²) in [5.74, 6) is -0.765. The van der Waals surface area contributed by atoms with Gasteiger partial charge in [-0.15, -0.1) is 0 Å². The van der Waals surface area contributed by atoms with Gasteiger partial charge in [0.1, 0.15) is 0 Å². The molecule has 0 aromatic carbocycles. The van der Waals surface area contributed by atoms with E-state index in [1.54, 1.807) is 11.8 Å². The van der Waals surface area contributed by atoms with E-state index < -0.39 is 11.4 Å². The Morgan fingerprint density at radius 2 is 1.90 bits per heavy atom. The number of piperidine rings is 1. The van der Waals surface area contributed by atoms with Crippen LogP contribution in [0.4, 0.5) is 4.79 Å². The number of rotatable bonds is 6. The summed E-state index contributed by atoms with van der Waals surface area (Å²) in [4.78, 5) is 27.1. The second-order valence-electron chi connectivity index (χ2n) is 6.51. The summed E-state index contributed by atoms with van der Waals surface area (Å²) in [6.07, 6.45) is 1.96. The van der Waals surface area contributed by atoms with Gasteiger partial charge in [-0.25, -0.2) is 4.79 Å². The first-order chi connectivity index (χ1) is 9.76. The lowest BCUT2D eigenvalue weighted by Gasteiger charge is -2.36. The van der Waals surface area contributed by atoms with Gasteiger partial charge in [-0.1, -0.05) is 0 Å². The van der Waals surface area contributed by atoms with E-state index in [1.807, 2.05) is 0 Å². The zero-order valence-electron chi connectivity index (χ0n) is 13.7. The van der Waals surface area contributed by atoms with Crippen LogP contribution in [0.25, 0.3) is 0 Å². The van der Waals surface area contributed by atoms with Crippen molar-refractivity contribution in [3.8, 4) is 0 Å². The van der Waals surface area contributed by atoms with Crippen molar-refractivity contribution in [3.05, 3.63) is 0 Å². The van der Waals surface area contributed by atoms with E-state index in [2.05, 4.69) is 31.1 Å². The fraction of sp³-hybridized carbons (Fsp3) is 0.867. The molecular weight excluding hydrogens is 270 g/mol. The molecule has 0 saturated carbocycles. The average Bonchev–Trinajstić information content (AvgIpc) is 2.43. The smallest absolute Gasteiger partial charge is 0.317 e. The van der Waals surface area contributed by atoms with Crippen molar-refractivity contribution in [2.45, 2.75) is 46.1 Å². The minimum atomic E-state index is -0.765. The molecule has 0 aliphatic carbocycles. The van der Waals surface area contributed by atoms with Gasteiger partial charge in [0.2, 0.25) is 0 Å². The molecule has 0 atom stereocenters. The molecule has 0 aromatic rings. The lowest BCUT2D eigenvalue weighted by molar-refractivity contribution is -0.150. The summed E-state index contributed by atoms with van der Waals surface area (Å²) in [7, 11) is 2.07. The maximum absolute atomic E-state index is 12.0. The molecule has 2 N–H and O–H groups in total. The number of carboxylic acid groups (broad SMARTS) is 1. The number of carbonyl (C=O) groups excluding carboxylic acids is 1. The van der Waals surface area contributed by atoms with Crippen LogP contribution < -0.4 is 5.32 Å². The number of aliphatic carboxylic acids is 1. The second kappa shape index (κ2) is 7.64.